The molecule has 0 saturated heterocycles. The van der Waals surface area contributed by atoms with E-state index in [0.29, 0.717) is 0 Å². The molecular formula is C14H25BClNO6. The van der Waals surface area contributed by atoms with E-state index in [9.17, 15) is 4.79 Å². The van der Waals surface area contributed by atoms with Crippen molar-refractivity contribution in [1.82, 2.24) is 4.84 Å². The first kappa shape index (κ1) is 23.9. The second kappa shape index (κ2) is 13.2. The fourth-order valence-electron chi connectivity index (χ4n) is 1.60. The Balaban J connectivity index is 0. The van der Waals surface area contributed by atoms with Crippen molar-refractivity contribution in [2.75, 3.05) is 0 Å². The molecular weight excluding hydrogens is 324 g/mol. The van der Waals surface area contributed by atoms with E-state index in [1.807, 2.05) is 0 Å². The molecule has 7 nitrogen and oxygen atoms in total. The molecule has 0 bridgehead atoms. The van der Waals surface area contributed by atoms with Gasteiger partial charge in [-0.15, -0.1) is 0 Å². The lowest BCUT2D eigenvalue weighted by molar-refractivity contribution is 0.0693. The smallest absolute Gasteiger partial charge is 0.507 e. The molecule has 0 radical (unpaired) electrons. The van der Waals surface area contributed by atoms with E-state index in [1.54, 1.807) is 12.1 Å². The van der Waals surface area contributed by atoms with Crippen molar-refractivity contribution in [1.29, 1.82) is 0 Å². The van der Waals surface area contributed by atoms with E-state index >= 15 is 0 Å². The van der Waals surface area contributed by atoms with Gasteiger partial charge in [0, 0.05) is 5.54 Å². The third kappa shape index (κ3) is 10.9. The Kier molecular flexibility index (Phi) is 13.7. The van der Waals surface area contributed by atoms with Crippen LogP contribution in [0.25, 0.3) is 0 Å². The average Bonchev–Trinajstić information content (AvgIpc) is 2.50. The molecule has 0 amide bonds. The van der Waals surface area contributed by atoms with Gasteiger partial charge in [-0.2, -0.15) is 0 Å². The molecule has 0 aliphatic rings. The normalized spacial score (nSPS) is 9.87. The summed E-state index contributed by atoms with van der Waals surface area (Å²) in [6, 6.07) is 5.81. The predicted molar refractivity (Wildman–Crippen MR) is 90.1 cm³/mol. The van der Waals surface area contributed by atoms with Gasteiger partial charge in [0.25, 0.3) is 0 Å². The highest BCUT2D eigenvalue weighted by atomic mass is 35.5. The van der Waals surface area contributed by atoms with Gasteiger partial charge in [-0.05, 0) is 43.2 Å². The van der Waals surface area contributed by atoms with E-state index in [1.165, 1.54) is 12.1 Å². The Morgan fingerprint density at radius 2 is 1.52 bits per heavy atom. The Morgan fingerprint density at radius 1 is 1.13 bits per heavy atom. The first-order valence-electron chi connectivity index (χ1n) is 7.12. The molecule has 0 fully saturated rings. The highest BCUT2D eigenvalue weighted by Crippen LogP contribution is 2.19. The van der Waals surface area contributed by atoms with Crippen molar-refractivity contribution in [3.8, 4) is 5.75 Å². The van der Waals surface area contributed by atoms with Gasteiger partial charge in [-0.25, -0.2) is 9.63 Å². The van der Waals surface area contributed by atoms with E-state index in [0.717, 1.165) is 19.3 Å². The number of nitrogens with one attached hydrogen (secondary N) is 1. The van der Waals surface area contributed by atoms with Crippen molar-refractivity contribution < 1.29 is 30.1 Å². The lowest BCUT2D eigenvalue weighted by Gasteiger charge is -2.27. The van der Waals surface area contributed by atoms with Crippen LogP contribution in [-0.4, -0.2) is 44.1 Å². The highest BCUT2D eigenvalue weighted by molar-refractivity contribution is 6.30. The number of hydrogen-bond donors (Lipinski definition) is 6. The Hall–Kier alpha value is -1.32. The number of carboxylic acids is 1. The fraction of sp³-hybridized carbons (Fsp3) is 0.500. The van der Waals surface area contributed by atoms with Crippen LogP contribution in [0.2, 0.25) is 0 Å². The van der Waals surface area contributed by atoms with Gasteiger partial charge >= 0.3 is 13.3 Å². The van der Waals surface area contributed by atoms with Crippen molar-refractivity contribution in [3.05, 3.63) is 29.8 Å². The third-order valence-corrected chi connectivity index (χ3v) is 3.77. The van der Waals surface area contributed by atoms with Crippen molar-refractivity contribution in [3.63, 3.8) is 0 Å². The van der Waals surface area contributed by atoms with E-state index in [-0.39, 0.29) is 16.9 Å². The summed E-state index contributed by atoms with van der Waals surface area (Å²) >= 11 is 5.57. The number of rotatable bonds is 5. The fourth-order valence-corrected chi connectivity index (χ4v) is 2.01. The molecule has 132 valence electrons. The van der Waals surface area contributed by atoms with E-state index in [4.69, 9.17) is 37.1 Å². The summed E-state index contributed by atoms with van der Waals surface area (Å²) in [6.45, 7) is 6.47. The van der Waals surface area contributed by atoms with Crippen LogP contribution >= 0.6 is 11.8 Å². The summed E-state index contributed by atoms with van der Waals surface area (Å²) < 4.78 is 0. The van der Waals surface area contributed by atoms with Gasteiger partial charge in [-0.1, -0.05) is 32.9 Å². The minimum atomic E-state index is -2.17. The number of carboxylic acid groups (broad SMARTS) is 1. The molecule has 6 N–H and O–H groups in total. The molecule has 0 heterocycles. The molecule has 0 spiro atoms. The van der Waals surface area contributed by atoms with Crippen molar-refractivity contribution in [2.45, 2.75) is 45.6 Å². The number of aromatic carboxylic acids is 1. The van der Waals surface area contributed by atoms with E-state index < -0.39 is 13.3 Å². The lowest BCUT2D eigenvalue weighted by Crippen LogP contribution is -2.37. The summed E-state index contributed by atoms with van der Waals surface area (Å²) in [5, 5.41) is 38.8. The first-order chi connectivity index (χ1) is 10.7. The molecule has 0 atom stereocenters. The van der Waals surface area contributed by atoms with Crippen LogP contribution in [0.1, 0.15) is 50.4 Å². The zero-order valence-electron chi connectivity index (χ0n) is 13.5. The number of hydrogen-bond acceptors (Lipinski definition) is 6. The van der Waals surface area contributed by atoms with Crippen LogP contribution in [0, 0.1) is 0 Å². The zero-order chi connectivity index (χ0) is 18.5. The minimum absolute atomic E-state index is 0.0671. The molecule has 0 aliphatic heterocycles. The summed E-state index contributed by atoms with van der Waals surface area (Å²) in [4.78, 5) is 13.1. The second-order valence-corrected chi connectivity index (χ2v) is 4.79. The van der Waals surface area contributed by atoms with Crippen LogP contribution in [0.3, 0.4) is 0 Å². The molecule has 1 rings (SSSR count). The largest absolute Gasteiger partial charge is 0.631 e. The van der Waals surface area contributed by atoms with E-state index in [2.05, 4.69) is 25.6 Å². The molecule has 0 aromatic heterocycles. The quantitative estimate of drug-likeness (QED) is 0.352. The molecule has 23 heavy (non-hydrogen) atoms. The maximum absolute atomic E-state index is 10.3. The Bertz CT molecular complexity index is 423. The Morgan fingerprint density at radius 3 is 1.70 bits per heavy atom. The van der Waals surface area contributed by atoms with Crippen LogP contribution in [0.15, 0.2) is 24.3 Å². The average molecular weight is 350 g/mol. The maximum atomic E-state index is 10.3. The van der Waals surface area contributed by atoms with Crippen LogP contribution in [0.5, 0.6) is 5.75 Å². The number of phenols is 1. The number of carbonyl (C=O) groups is 1. The standard InChI is InChI=1S/C7H16ClN.C7H6O3.BH3O3/c1-4-7(5-2,6-3)9-8;8-6-4-2-1-3-5(6)7(9)10;2-1(3)4/h9H,4-6H2,1-3H3;1-4,8H,(H,9,10);2-4H. The number of aromatic hydroxyl groups is 1. The second-order valence-electron chi connectivity index (χ2n) is 4.60. The molecule has 0 unspecified atom stereocenters. The first-order valence-corrected chi connectivity index (χ1v) is 7.50. The van der Waals surface area contributed by atoms with Gasteiger partial charge in [0.15, 0.2) is 0 Å². The van der Waals surface area contributed by atoms with Gasteiger partial charge in [-0.3, -0.25) is 0 Å². The molecule has 0 aliphatic carbocycles. The van der Waals surface area contributed by atoms with Crippen molar-refractivity contribution in [2.24, 2.45) is 0 Å². The predicted octanol–water partition coefficient (Wildman–Crippen LogP) is 1.74. The third-order valence-electron chi connectivity index (χ3n) is 3.37. The molecule has 9 heteroatoms. The Labute approximate surface area is 141 Å². The topological polar surface area (TPSA) is 130 Å². The van der Waals surface area contributed by atoms with Crippen LogP contribution < -0.4 is 4.84 Å². The number of para-hydroxylation sites is 1. The highest BCUT2D eigenvalue weighted by Gasteiger charge is 2.21. The summed E-state index contributed by atoms with van der Waals surface area (Å²) in [7, 11) is -2.17. The minimum Gasteiger partial charge on any atom is -0.507 e. The number of benzene rings is 1. The van der Waals surface area contributed by atoms with Crippen molar-refractivity contribution >= 4 is 25.1 Å². The zero-order valence-corrected chi connectivity index (χ0v) is 14.3. The molecule has 1 aromatic rings. The SMILES string of the molecule is CCC(CC)(CC)NCl.O=C(O)c1ccccc1O.OB(O)O. The monoisotopic (exact) mass is 349 g/mol. The van der Waals surface area contributed by atoms with Gasteiger partial charge < -0.3 is 25.3 Å². The molecule has 1 aromatic carbocycles. The van der Waals surface area contributed by atoms with Crippen LogP contribution in [0.4, 0.5) is 0 Å². The van der Waals surface area contributed by atoms with Gasteiger partial charge in [0.2, 0.25) is 0 Å². The number of halogens is 1. The van der Waals surface area contributed by atoms with Gasteiger partial charge in [0.1, 0.15) is 11.3 Å². The summed E-state index contributed by atoms with van der Waals surface area (Å²) in [5.74, 6) is -1.31. The summed E-state index contributed by atoms with van der Waals surface area (Å²) in [6.07, 6.45) is 3.30. The summed E-state index contributed by atoms with van der Waals surface area (Å²) in [5.41, 5.74) is 0.115. The molecule has 0 saturated carbocycles. The maximum Gasteiger partial charge on any atom is 0.631 e. The lowest BCUT2D eigenvalue weighted by atomic mass is 9.91. The van der Waals surface area contributed by atoms with Gasteiger partial charge in [0.05, 0.1) is 0 Å². The van der Waals surface area contributed by atoms with Crippen LogP contribution in [-0.2, 0) is 0 Å².